The summed E-state index contributed by atoms with van der Waals surface area (Å²) in [6, 6.07) is 3.49. The van der Waals surface area contributed by atoms with E-state index in [-0.39, 0.29) is 5.82 Å². The van der Waals surface area contributed by atoms with Gasteiger partial charge in [-0.05, 0) is 37.6 Å². The highest BCUT2D eigenvalue weighted by atomic mass is 19.1. The van der Waals surface area contributed by atoms with E-state index < -0.39 is 5.82 Å². The molecule has 1 rings (SSSR count). The number of ether oxygens (including phenoxy) is 2. The van der Waals surface area contributed by atoms with Gasteiger partial charge in [0.05, 0.1) is 13.2 Å². The number of unbranched alkanes of at least 4 members (excludes halogenated alkanes) is 1. The molecule has 0 spiro atoms. The second-order valence-electron chi connectivity index (χ2n) is 4.22. The third-order valence-corrected chi connectivity index (χ3v) is 2.65. The van der Waals surface area contributed by atoms with Crippen molar-refractivity contribution >= 4 is 0 Å². The number of nitrogens with one attached hydrogen (secondary N) is 1. The van der Waals surface area contributed by atoms with Crippen molar-refractivity contribution in [2.75, 3.05) is 33.5 Å². The summed E-state index contributed by atoms with van der Waals surface area (Å²) in [4.78, 5) is 0. The second-order valence-corrected chi connectivity index (χ2v) is 4.22. The monoisotopic (exact) mass is 273 g/mol. The maximum atomic E-state index is 13.3. The maximum absolute atomic E-state index is 13.3. The van der Waals surface area contributed by atoms with Gasteiger partial charge in [-0.15, -0.1) is 0 Å². The molecule has 1 aromatic carbocycles. The molecule has 3 nitrogen and oxygen atoms in total. The highest BCUT2D eigenvalue weighted by molar-refractivity contribution is 5.18. The van der Waals surface area contributed by atoms with E-state index in [0.717, 1.165) is 31.5 Å². The summed E-state index contributed by atoms with van der Waals surface area (Å²) in [5, 5.41) is 3.08. The van der Waals surface area contributed by atoms with Crippen LogP contribution in [0, 0.1) is 11.6 Å². The summed E-state index contributed by atoms with van der Waals surface area (Å²) < 4.78 is 36.3. The zero-order valence-electron chi connectivity index (χ0n) is 11.3. The first kappa shape index (κ1) is 16.0. The molecule has 0 aliphatic heterocycles. The Morgan fingerprint density at radius 1 is 1.11 bits per heavy atom. The summed E-state index contributed by atoms with van der Waals surface area (Å²) in [7, 11) is 1.64. The van der Waals surface area contributed by atoms with Crippen LogP contribution in [-0.2, 0) is 16.0 Å². The third-order valence-electron chi connectivity index (χ3n) is 2.65. The van der Waals surface area contributed by atoms with Crippen molar-refractivity contribution in [3.63, 3.8) is 0 Å². The number of hydrogen-bond acceptors (Lipinski definition) is 3. The maximum Gasteiger partial charge on any atom is 0.127 e. The van der Waals surface area contributed by atoms with E-state index in [1.807, 2.05) is 0 Å². The number of rotatable bonds is 10. The Morgan fingerprint density at radius 2 is 1.95 bits per heavy atom. The Bertz CT molecular complexity index is 361. The largest absolute Gasteiger partial charge is 0.382 e. The van der Waals surface area contributed by atoms with Gasteiger partial charge in [0.15, 0.2) is 0 Å². The molecule has 0 heterocycles. The van der Waals surface area contributed by atoms with E-state index in [0.29, 0.717) is 31.9 Å². The smallest absolute Gasteiger partial charge is 0.127 e. The molecule has 0 aromatic heterocycles. The molecule has 1 N–H and O–H groups in total. The molecule has 0 atom stereocenters. The average Bonchev–Trinajstić information content (AvgIpc) is 2.40. The first-order valence-corrected chi connectivity index (χ1v) is 6.45. The second kappa shape index (κ2) is 9.83. The van der Waals surface area contributed by atoms with Crippen LogP contribution in [0.15, 0.2) is 18.2 Å². The third kappa shape index (κ3) is 7.20. The summed E-state index contributed by atoms with van der Waals surface area (Å²) in [5.41, 5.74) is 0.358. The molecule has 0 amide bonds. The van der Waals surface area contributed by atoms with Gasteiger partial charge in [-0.1, -0.05) is 0 Å². The molecule has 0 aliphatic rings. The standard InChI is InChI=1S/C14H21F2NO2/c1-18-8-9-19-7-3-2-6-17-11-12-10-13(15)4-5-14(12)16/h4-5,10,17H,2-3,6-9,11H2,1H3. The van der Waals surface area contributed by atoms with Gasteiger partial charge < -0.3 is 14.8 Å². The van der Waals surface area contributed by atoms with Crippen LogP contribution < -0.4 is 5.32 Å². The lowest BCUT2D eigenvalue weighted by Crippen LogP contribution is -2.16. The van der Waals surface area contributed by atoms with Crippen molar-refractivity contribution in [3.05, 3.63) is 35.4 Å². The predicted molar refractivity (Wildman–Crippen MR) is 70.0 cm³/mol. The summed E-state index contributed by atoms with van der Waals surface area (Å²) >= 11 is 0. The normalized spacial score (nSPS) is 10.9. The van der Waals surface area contributed by atoms with E-state index in [2.05, 4.69) is 5.32 Å². The minimum Gasteiger partial charge on any atom is -0.382 e. The summed E-state index contributed by atoms with van der Waals surface area (Å²) in [6.07, 6.45) is 1.87. The van der Waals surface area contributed by atoms with E-state index in [1.54, 1.807) is 7.11 Å². The van der Waals surface area contributed by atoms with Gasteiger partial charge in [0.25, 0.3) is 0 Å². The van der Waals surface area contributed by atoms with Crippen LogP contribution in [0.2, 0.25) is 0 Å². The molecule has 5 heteroatoms. The van der Waals surface area contributed by atoms with Crippen LogP contribution in [0.3, 0.4) is 0 Å². The topological polar surface area (TPSA) is 30.5 Å². The zero-order valence-corrected chi connectivity index (χ0v) is 11.3. The minimum absolute atomic E-state index is 0.341. The predicted octanol–water partition coefficient (Wildman–Crippen LogP) is 2.50. The van der Waals surface area contributed by atoms with E-state index in [9.17, 15) is 8.78 Å². The molecule has 0 aliphatic carbocycles. The molecule has 0 unspecified atom stereocenters. The van der Waals surface area contributed by atoms with E-state index in [1.165, 1.54) is 6.07 Å². The van der Waals surface area contributed by atoms with Gasteiger partial charge in [-0.2, -0.15) is 0 Å². The quantitative estimate of drug-likeness (QED) is 0.664. The lowest BCUT2D eigenvalue weighted by Gasteiger charge is -2.07. The lowest BCUT2D eigenvalue weighted by atomic mass is 10.2. The Morgan fingerprint density at radius 3 is 2.74 bits per heavy atom. The van der Waals surface area contributed by atoms with Crippen LogP contribution in [0.4, 0.5) is 8.78 Å². The van der Waals surface area contributed by atoms with Crippen molar-refractivity contribution in [1.29, 1.82) is 0 Å². The Kier molecular flexibility index (Phi) is 8.29. The molecule has 108 valence electrons. The van der Waals surface area contributed by atoms with Crippen molar-refractivity contribution in [1.82, 2.24) is 5.32 Å². The van der Waals surface area contributed by atoms with Crippen molar-refractivity contribution < 1.29 is 18.3 Å². The molecule has 0 fully saturated rings. The lowest BCUT2D eigenvalue weighted by molar-refractivity contribution is 0.0688. The Labute approximate surface area is 112 Å². The van der Waals surface area contributed by atoms with Crippen LogP contribution in [-0.4, -0.2) is 33.5 Å². The Hall–Kier alpha value is -1.04. The van der Waals surface area contributed by atoms with Gasteiger partial charge in [0.1, 0.15) is 11.6 Å². The molecule has 0 bridgehead atoms. The fourth-order valence-electron chi connectivity index (χ4n) is 1.60. The van der Waals surface area contributed by atoms with E-state index in [4.69, 9.17) is 9.47 Å². The van der Waals surface area contributed by atoms with Crippen LogP contribution in [0.25, 0.3) is 0 Å². The first-order valence-electron chi connectivity index (χ1n) is 6.45. The van der Waals surface area contributed by atoms with Crippen molar-refractivity contribution in [3.8, 4) is 0 Å². The Balaban J connectivity index is 2.03. The van der Waals surface area contributed by atoms with Gasteiger partial charge in [-0.25, -0.2) is 8.78 Å². The highest BCUT2D eigenvalue weighted by Crippen LogP contribution is 2.09. The number of halogens is 2. The van der Waals surface area contributed by atoms with Crippen molar-refractivity contribution in [2.24, 2.45) is 0 Å². The molecule has 19 heavy (non-hydrogen) atoms. The minimum atomic E-state index is -0.412. The van der Waals surface area contributed by atoms with Crippen LogP contribution in [0.5, 0.6) is 0 Å². The first-order chi connectivity index (χ1) is 9.24. The molecule has 0 saturated carbocycles. The number of methoxy groups -OCH3 is 1. The van der Waals surface area contributed by atoms with Gasteiger partial charge >= 0.3 is 0 Å². The fourth-order valence-corrected chi connectivity index (χ4v) is 1.60. The van der Waals surface area contributed by atoms with Gasteiger partial charge in [-0.3, -0.25) is 0 Å². The number of benzene rings is 1. The fraction of sp³-hybridized carbons (Fsp3) is 0.571. The average molecular weight is 273 g/mol. The van der Waals surface area contributed by atoms with Crippen molar-refractivity contribution in [2.45, 2.75) is 19.4 Å². The number of hydrogen-bond donors (Lipinski definition) is 1. The van der Waals surface area contributed by atoms with E-state index >= 15 is 0 Å². The highest BCUT2D eigenvalue weighted by Gasteiger charge is 2.02. The SMILES string of the molecule is COCCOCCCCNCc1cc(F)ccc1F. The van der Waals surface area contributed by atoms with Crippen LogP contribution in [0.1, 0.15) is 18.4 Å². The summed E-state index contributed by atoms with van der Waals surface area (Å²) in [5.74, 6) is -0.790. The molecular formula is C14H21F2NO2. The summed E-state index contributed by atoms with van der Waals surface area (Å²) in [6.45, 7) is 3.01. The zero-order chi connectivity index (χ0) is 13.9. The molecule has 1 aromatic rings. The molecule has 0 saturated heterocycles. The molecular weight excluding hydrogens is 252 g/mol. The van der Waals surface area contributed by atoms with Crippen LogP contribution >= 0.6 is 0 Å². The molecule has 0 radical (unpaired) electrons. The van der Waals surface area contributed by atoms with Gasteiger partial charge in [0.2, 0.25) is 0 Å². The van der Waals surface area contributed by atoms with Gasteiger partial charge in [0, 0.05) is 25.8 Å².